The summed E-state index contributed by atoms with van der Waals surface area (Å²) in [6, 6.07) is 13.7. The molecule has 0 saturated carbocycles. The largest absolute Gasteiger partial charge is 0.488 e. The van der Waals surface area contributed by atoms with Gasteiger partial charge in [-0.15, -0.1) is 12.4 Å². The second-order valence-electron chi connectivity index (χ2n) is 5.08. The number of rotatable bonds is 7. The first-order chi connectivity index (χ1) is 10.6. The van der Waals surface area contributed by atoms with E-state index in [2.05, 4.69) is 5.32 Å². The van der Waals surface area contributed by atoms with Crippen molar-refractivity contribution in [1.82, 2.24) is 5.32 Å². The maximum atomic E-state index is 13.4. The van der Waals surface area contributed by atoms with Crippen molar-refractivity contribution in [3.8, 4) is 5.75 Å². The predicted octanol–water partition coefficient (Wildman–Crippen LogP) is 3.99. The molecule has 0 bridgehead atoms. The molecule has 0 heterocycles. The number of ether oxygens (including phenoxy) is 1. The number of aliphatic hydroxyl groups excluding tert-OH is 1. The van der Waals surface area contributed by atoms with Crippen LogP contribution >= 0.6 is 24.0 Å². The van der Waals surface area contributed by atoms with E-state index in [1.165, 1.54) is 12.1 Å². The Kier molecular flexibility index (Phi) is 8.34. The van der Waals surface area contributed by atoms with Gasteiger partial charge in [0.15, 0.2) is 11.6 Å². The van der Waals surface area contributed by atoms with Gasteiger partial charge in [0, 0.05) is 17.6 Å². The number of halogens is 3. The highest BCUT2D eigenvalue weighted by molar-refractivity contribution is 6.30. The molecule has 0 aromatic heterocycles. The molecule has 2 aromatic carbocycles. The quantitative estimate of drug-likeness (QED) is 0.785. The molecular formula is C17H20Cl2FNO2. The zero-order valence-corrected chi connectivity index (χ0v) is 14.3. The lowest BCUT2D eigenvalue weighted by Crippen LogP contribution is -2.33. The van der Waals surface area contributed by atoms with Crippen LogP contribution in [0.15, 0.2) is 48.5 Å². The van der Waals surface area contributed by atoms with E-state index in [1.54, 1.807) is 12.1 Å². The Balaban J connectivity index is 0.00000264. The molecule has 0 radical (unpaired) electrons. The zero-order valence-electron chi connectivity index (χ0n) is 12.7. The molecule has 0 aliphatic heterocycles. The summed E-state index contributed by atoms with van der Waals surface area (Å²) in [5.74, 6) is -0.292. The van der Waals surface area contributed by atoms with Crippen molar-refractivity contribution < 1.29 is 14.2 Å². The molecular weight excluding hydrogens is 340 g/mol. The Morgan fingerprint density at radius 2 is 1.96 bits per heavy atom. The minimum atomic E-state index is -0.735. The van der Waals surface area contributed by atoms with Gasteiger partial charge in [0.2, 0.25) is 0 Å². The SMILES string of the molecule is CC(NCC(O)COc1ccccc1F)c1cccc(Cl)c1.Cl. The van der Waals surface area contributed by atoms with E-state index in [0.717, 1.165) is 5.56 Å². The summed E-state index contributed by atoms with van der Waals surface area (Å²) in [6.07, 6.45) is -0.735. The fourth-order valence-electron chi connectivity index (χ4n) is 2.01. The summed E-state index contributed by atoms with van der Waals surface area (Å²) < 4.78 is 18.6. The number of benzene rings is 2. The highest BCUT2D eigenvalue weighted by atomic mass is 35.5. The molecule has 3 nitrogen and oxygen atoms in total. The van der Waals surface area contributed by atoms with Crippen molar-refractivity contribution in [2.45, 2.75) is 19.1 Å². The van der Waals surface area contributed by atoms with Gasteiger partial charge < -0.3 is 15.2 Å². The molecule has 0 spiro atoms. The number of aliphatic hydroxyl groups is 1. The summed E-state index contributed by atoms with van der Waals surface area (Å²) in [7, 11) is 0. The van der Waals surface area contributed by atoms with Crippen LogP contribution in [0.4, 0.5) is 4.39 Å². The van der Waals surface area contributed by atoms with Crippen molar-refractivity contribution in [1.29, 1.82) is 0 Å². The molecule has 0 fully saturated rings. The average molecular weight is 360 g/mol. The van der Waals surface area contributed by atoms with Crippen LogP contribution in [0.1, 0.15) is 18.5 Å². The molecule has 2 N–H and O–H groups in total. The van der Waals surface area contributed by atoms with Gasteiger partial charge in [0.1, 0.15) is 12.7 Å². The van der Waals surface area contributed by atoms with Crippen molar-refractivity contribution in [3.63, 3.8) is 0 Å². The summed E-state index contributed by atoms with van der Waals surface area (Å²) >= 11 is 5.95. The van der Waals surface area contributed by atoms with Gasteiger partial charge >= 0.3 is 0 Å². The lowest BCUT2D eigenvalue weighted by Gasteiger charge is -2.18. The van der Waals surface area contributed by atoms with Crippen molar-refractivity contribution in [3.05, 3.63) is 64.9 Å². The summed E-state index contributed by atoms with van der Waals surface area (Å²) in [5.41, 5.74) is 1.04. The lowest BCUT2D eigenvalue weighted by molar-refractivity contribution is 0.102. The lowest BCUT2D eigenvalue weighted by atomic mass is 10.1. The van der Waals surface area contributed by atoms with Gasteiger partial charge in [-0.3, -0.25) is 0 Å². The van der Waals surface area contributed by atoms with Crippen LogP contribution in [0.2, 0.25) is 5.02 Å². The Labute approximate surface area is 146 Å². The molecule has 23 heavy (non-hydrogen) atoms. The molecule has 126 valence electrons. The van der Waals surface area contributed by atoms with E-state index in [0.29, 0.717) is 11.6 Å². The van der Waals surface area contributed by atoms with Gasteiger partial charge in [-0.25, -0.2) is 4.39 Å². The van der Waals surface area contributed by atoms with Gasteiger partial charge in [0.25, 0.3) is 0 Å². The normalized spacial score (nSPS) is 13.0. The number of para-hydroxylation sites is 1. The van der Waals surface area contributed by atoms with E-state index in [4.69, 9.17) is 16.3 Å². The maximum Gasteiger partial charge on any atom is 0.165 e. The second-order valence-corrected chi connectivity index (χ2v) is 5.52. The van der Waals surface area contributed by atoms with Crippen LogP contribution in [-0.2, 0) is 0 Å². The Hall–Kier alpha value is -1.33. The van der Waals surface area contributed by atoms with E-state index in [9.17, 15) is 9.50 Å². The smallest absolute Gasteiger partial charge is 0.165 e. The van der Waals surface area contributed by atoms with E-state index < -0.39 is 11.9 Å². The topological polar surface area (TPSA) is 41.5 Å². The van der Waals surface area contributed by atoms with Gasteiger partial charge in [-0.05, 0) is 36.8 Å². The molecule has 0 aliphatic rings. The van der Waals surface area contributed by atoms with E-state index >= 15 is 0 Å². The second kappa shape index (κ2) is 9.73. The van der Waals surface area contributed by atoms with Crippen LogP contribution in [0.25, 0.3) is 0 Å². The standard InChI is InChI=1S/C17H19ClFNO2.ClH/c1-12(13-5-4-6-14(18)9-13)20-10-15(21)11-22-17-8-3-2-7-16(17)19;/h2-9,12,15,20-21H,10-11H2,1H3;1H. The molecule has 6 heteroatoms. The highest BCUT2D eigenvalue weighted by Gasteiger charge is 2.11. The number of nitrogens with one attached hydrogen (secondary N) is 1. The Morgan fingerprint density at radius 1 is 1.22 bits per heavy atom. The molecule has 0 amide bonds. The maximum absolute atomic E-state index is 13.4. The van der Waals surface area contributed by atoms with Gasteiger partial charge in [-0.2, -0.15) is 0 Å². The third kappa shape index (κ3) is 6.36. The van der Waals surface area contributed by atoms with Crippen LogP contribution in [0, 0.1) is 5.82 Å². The van der Waals surface area contributed by atoms with Crippen molar-refractivity contribution in [2.24, 2.45) is 0 Å². The third-order valence-electron chi connectivity index (χ3n) is 3.28. The van der Waals surface area contributed by atoms with E-state index in [-0.39, 0.29) is 30.8 Å². The Bertz CT molecular complexity index is 613. The third-order valence-corrected chi connectivity index (χ3v) is 3.51. The van der Waals surface area contributed by atoms with Gasteiger partial charge in [0.05, 0.1) is 0 Å². The summed E-state index contributed by atoms with van der Waals surface area (Å²) in [6.45, 7) is 2.34. The summed E-state index contributed by atoms with van der Waals surface area (Å²) in [4.78, 5) is 0. The van der Waals surface area contributed by atoms with Crippen LogP contribution in [-0.4, -0.2) is 24.4 Å². The first-order valence-corrected chi connectivity index (χ1v) is 7.48. The minimum absolute atomic E-state index is 0. The molecule has 2 rings (SSSR count). The van der Waals surface area contributed by atoms with Crippen molar-refractivity contribution >= 4 is 24.0 Å². The van der Waals surface area contributed by atoms with Gasteiger partial charge in [-0.1, -0.05) is 35.9 Å². The van der Waals surface area contributed by atoms with Crippen LogP contribution in [0.3, 0.4) is 0 Å². The molecule has 2 unspecified atom stereocenters. The minimum Gasteiger partial charge on any atom is -0.488 e. The predicted molar refractivity (Wildman–Crippen MR) is 93.0 cm³/mol. The fourth-order valence-corrected chi connectivity index (χ4v) is 2.21. The average Bonchev–Trinajstić information content (AvgIpc) is 2.52. The number of hydrogen-bond donors (Lipinski definition) is 2. The first-order valence-electron chi connectivity index (χ1n) is 7.10. The summed E-state index contributed by atoms with van der Waals surface area (Å²) in [5, 5.41) is 13.8. The van der Waals surface area contributed by atoms with Crippen LogP contribution in [0.5, 0.6) is 5.75 Å². The van der Waals surface area contributed by atoms with Crippen LogP contribution < -0.4 is 10.1 Å². The molecule has 0 saturated heterocycles. The Morgan fingerprint density at radius 3 is 2.65 bits per heavy atom. The molecule has 2 atom stereocenters. The van der Waals surface area contributed by atoms with Crippen molar-refractivity contribution in [2.75, 3.05) is 13.2 Å². The molecule has 0 aliphatic carbocycles. The molecule has 2 aromatic rings. The number of hydrogen-bond acceptors (Lipinski definition) is 3. The fraction of sp³-hybridized carbons (Fsp3) is 0.294. The monoisotopic (exact) mass is 359 g/mol. The zero-order chi connectivity index (χ0) is 15.9. The first kappa shape index (κ1) is 19.7. The van der Waals surface area contributed by atoms with E-state index in [1.807, 2.05) is 31.2 Å². The highest BCUT2D eigenvalue weighted by Crippen LogP contribution is 2.18.